The summed E-state index contributed by atoms with van der Waals surface area (Å²) in [5.74, 6) is 0.594. The summed E-state index contributed by atoms with van der Waals surface area (Å²) < 4.78 is 52.7. The van der Waals surface area contributed by atoms with Crippen molar-refractivity contribution >= 4 is 21.5 Å². The molecule has 1 aromatic heterocycles. The molecule has 1 spiro atoms. The van der Waals surface area contributed by atoms with Crippen LogP contribution in [0.3, 0.4) is 0 Å². The van der Waals surface area contributed by atoms with E-state index in [0.29, 0.717) is 17.4 Å². The Labute approximate surface area is 228 Å². The zero-order valence-electron chi connectivity index (χ0n) is 22.7. The minimum atomic E-state index is -3.96. The lowest BCUT2D eigenvalue weighted by Gasteiger charge is -2.60. The van der Waals surface area contributed by atoms with Crippen molar-refractivity contribution in [3.05, 3.63) is 36.1 Å². The number of rotatable bonds is 7. The summed E-state index contributed by atoms with van der Waals surface area (Å²) in [6.07, 6.45) is 2.46. The predicted octanol–water partition coefficient (Wildman–Crippen LogP) is 3.99. The summed E-state index contributed by atoms with van der Waals surface area (Å²) in [7, 11) is -3.96. The second-order valence-electron chi connectivity index (χ2n) is 11.6. The number of benzene rings is 1. The fourth-order valence-corrected chi connectivity index (χ4v) is 8.29. The first kappa shape index (κ1) is 27.0. The normalized spacial score (nSPS) is 37.7. The van der Waals surface area contributed by atoms with Gasteiger partial charge in [0.2, 0.25) is 5.79 Å². The van der Waals surface area contributed by atoms with E-state index in [1.807, 2.05) is 6.92 Å². The van der Waals surface area contributed by atoms with Crippen LogP contribution in [0, 0.1) is 30.6 Å². The Kier molecular flexibility index (Phi) is 6.71. The Morgan fingerprint density at radius 3 is 2.62 bits per heavy atom. The molecule has 1 saturated carbocycles. The molecule has 5 aliphatic rings. The van der Waals surface area contributed by atoms with Gasteiger partial charge in [-0.3, -0.25) is 0 Å². The lowest BCUT2D eigenvalue weighted by atomic mass is 9.58. The molecular weight excluding hydrogens is 526 g/mol. The van der Waals surface area contributed by atoms with Crippen LogP contribution in [0.1, 0.15) is 52.2 Å². The van der Waals surface area contributed by atoms with Gasteiger partial charge in [-0.1, -0.05) is 19.0 Å². The first-order chi connectivity index (χ1) is 18.5. The third-order valence-corrected chi connectivity index (χ3v) is 10.8. The van der Waals surface area contributed by atoms with Crippen molar-refractivity contribution in [1.29, 1.82) is 0 Å². The molecule has 4 saturated heterocycles. The Morgan fingerprint density at radius 2 is 1.90 bits per heavy atom. The molecule has 5 heterocycles. The second-order valence-corrected chi connectivity index (χ2v) is 13.4. The van der Waals surface area contributed by atoms with Crippen LogP contribution in [-0.2, 0) is 34.0 Å². The van der Waals surface area contributed by atoms with E-state index in [1.54, 1.807) is 25.1 Å². The van der Waals surface area contributed by atoms with E-state index in [-0.39, 0.29) is 41.6 Å². The lowest BCUT2D eigenvalue weighted by Crippen LogP contribution is -2.70. The van der Waals surface area contributed by atoms with Gasteiger partial charge in [0, 0.05) is 30.0 Å². The second kappa shape index (κ2) is 9.71. The minimum Gasteiger partial charge on any atom is -0.399 e. The Bertz CT molecular complexity index is 1300. The molecule has 1 unspecified atom stereocenters. The van der Waals surface area contributed by atoms with E-state index in [4.69, 9.17) is 34.2 Å². The van der Waals surface area contributed by atoms with Crippen molar-refractivity contribution in [1.82, 2.24) is 5.16 Å². The molecule has 214 valence electrons. The van der Waals surface area contributed by atoms with Gasteiger partial charge in [-0.05, 0) is 69.2 Å². The van der Waals surface area contributed by atoms with Gasteiger partial charge in [0.05, 0.1) is 18.0 Å². The highest BCUT2D eigenvalue weighted by molar-refractivity contribution is 7.92. The van der Waals surface area contributed by atoms with Crippen LogP contribution in [-0.4, -0.2) is 50.7 Å². The quantitative estimate of drug-likeness (QED) is 0.389. The summed E-state index contributed by atoms with van der Waals surface area (Å²) in [6, 6.07) is 7.62. The summed E-state index contributed by atoms with van der Waals surface area (Å²) in [5, 5.41) is 3.96. The van der Waals surface area contributed by atoms with Crippen molar-refractivity contribution in [2.24, 2.45) is 23.7 Å². The number of nitrogens with two attached hydrogens (primary N) is 1. The molecule has 2 N–H and O–H groups in total. The molecule has 39 heavy (non-hydrogen) atoms. The number of hydrogen-bond donors (Lipinski definition) is 1. The maximum absolute atomic E-state index is 13.6. The van der Waals surface area contributed by atoms with Gasteiger partial charge in [0.25, 0.3) is 10.0 Å². The van der Waals surface area contributed by atoms with E-state index in [0.717, 1.165) is 25.7 Å². The van der Waals surface area contributed by atoms with Crippen LogP contribution in [0.25, 0.3) is 0 Å². The van der Waals surface area contributed by atoms with Crippen molar-refractivity contribution in [3.63, 3.8) is 0 Å². The van der Waals surface area contributed by atoms with Crippen molar-refractivity contribution in [2.45, 2.75) is 82.2 Å². The fourth-order valence-electron chi connectivity index (χ4n) is 6.91. The molecule has 2 bridgehead atoms. The molecule has 4 aliphatic heterocycles. The average molecular weight is 564 g/mol. The molecular formula is C27H37N3O8S. The third kappa shape index (κ3) is 4.45. The number of nitrogen functional groups attached to an aromatic ring is 1. The van der Waals surface area contributed by atoms with E-state index in [9.17, 15) is 8.42 Å². The van der Waals surface area contributed by atoms with Gasteiger partial charge < -0.3 is 24.5 Å². The Morgan fingerprint density at radius 1 is 1.13 bits per heavy atom. The van der Waals surface area contributed by atoms with E-state index >= 15 is 0 Å². The smallest absolute Gasteiger partial charge is 0.265 e. The number of anilines is 2. The van der Waals surface area contributed by atoms with Crippen molar-refractivity contribution in [3.8, 4) is 0 Å². The molecule has 5 fully saturated rings. The lowest BCUT2D eigenvalue weighted by molar-refractivity contribution is -0.577. The first-order valence-electron chi connectivity index (χ1n) is 13.7. The highest BCUT2D eigenvalue weighted by Gasteiger charge is 2.69. The van der Waals surface area contributed by atoms with Gasteiger partial charge in [-0.25, -0.2) is 22.5 Å². The van der Waals surface area contributed by atoms with Gasteiger partial charge in [-0.2, -0.15) is 0 Å². The van der Waals surface area contributed by atoms with Crippen molar-refractivity contribution < 1.29 is 36.9 Å². The molecule has 0 amide bonds. The predicted molar refractivity (Wildman–Crippen MR) is 139 cm³/mol. The summed E-state index contributed by atoms with van der Waals surface area (Å²) in [4.78, 5) is 12.2. The zero-order chi connectivity index (χ0) is 27.6. The van der Waals surface area contributed by atoms with Crippen LogP contribution in [0.15, 0.2) is 39.8 Å². The van der Waals surface area contributed by atoms with Crippen LogP contribution < -0.4 is 10.0 Å². The number of nitrogens with zero attached hydrogens (tertiary/aromatic N) is 2. The average Bonchev–Trinajstić information content (AvgIpc) is 3.19. The molecule has 8 atom stereocenters. The number of fused-ring (bicyclic) bond motifs is 2. The molecule has 1 aromatic carbocycles. The number of aryl methyl sites for hydroxylation is 1. The van der Waals surface area contributed by atoms with Crippen LogP contribution in [0.5, 0.6) is 0 Å². The molecule has 1 aliphatic carbocycles. The number of sulfonamides is 1. The Hall–Kier alpha value is -2.22. The van der Waals surface area contributed by atoms with Gasteiger partial charge in [-0.15, -0.1) is 0 Å². The molecule has 11 nitrogen and oxygen atoms in total. The SMILES string of the molecule is Cc1cc(N(CCO[C@H]2O[C@@H]3O[C@@]4(C)CCC5[C@H](C)CC[C@@H]([C@H]2C)[C@]53OO4)S(=O)(=O)c2ccc(N)cc2)no1. The maximum atomic E-state index is 13.6. The molecule has 7 rings (SSSR count). The minimum absolute atomic E-state index is 0.00355. The number of hydrogen-bond acceptors (Lipinski definition) is 10. The molecule has 0 radical (unpaired) electrons. The van der Waals surface area contributed by atoms with E-state index in [1.165, 1.54) is 16.4 Å². The van der Waals surface area contributed by atoms with Crippen LogP contribution >= 0.6 is 0 Å². The third-order valence-electron chi connectivity index (χ3n) is 9.01. The van der Waals surface area contributed by atoms with Crippen molar-refractivity contribution in [2.75, 3.05) is 23.2 Å². The summed E-state index contributed by atoms with van der Waals surface area (Å²) >= 11 is 0. The molecule has 12 heteroatoms. The van der Waals surface area contributed by atoms with Gasteiger partial charge >= 0.3 is 0 Å². The van der Waals surface area contributed by atoms with Crippen LogP contribution in [0.2, 0.25) is 0 Å². The van der Waals surface area contributed by atoms with E-state index in [2.05, 4.69) is 19.0 Å². The van der Waals surface area contributed by atoms with Gasteiger partial charge in [0.15, 0.2) is 24.0 Å². The largest absolute Gasteiger partial charge is 0.399 e. The maximum Gasteiger partial charge on any atom is 0.265 e. The summed E-state index contributed by atoms with van der Waals surface area (Å²) in [6.45, 7) is 8.03. The monoisotopic (exact) mass is 563 g/mol. The molecule has 2 aromatic rings. The zero-order valence-corrected chi connectivity index (χ0v) is 23.6. The van der Waals surface area contributed by atoms with E-state index < -0.39 is 34.0 Å². The van der Waals surface area contributed by atoms with Gasteiger partial charge in [0.1, 0.15) is 5.76 Å². The Balaban J connectivity index is 1.22. The standard InChI is InChI=1S/C27H37N3O8S/c1-16-5-10-22-18(3)24(34-25-27(22)21(16)11-12-26(4,35-25)37-38-27)33-14-13-30(23-15-17(2)36-29-23)39(31,32)20-8-6-19(28)7-9-20/h6-9,15-16,18,21-22,24-25H,5,10-14,28H2,1-4H3/t16-,18-,21?,22+,24+,25-,26-,27-/m1/s1. The first-order valence-corrected chi connectivity index (χ1v) is 15.1. The fraction of sp³-hybridized carbons (Fsp3) is 0.667. The summed E-state index contributed by atoms with van der Waals surface area (Å²) in [5.41, 5.74) is 5.56. The topological polar surface area (TPSA) is 136 Å². The van der Waals surface area contributed by atoms with Crippen LogP contribution in [0.4, 0.5) is 11.5 Å². The number of aromatic nitrogens is 1. The number of ether oxygens (including phenoxy) is 3. The highest BCUT2D eigenvalue weighted by atomic mass is 32.2. The highest BCUT2D eigenvalue weighted by Crippen LogP contribution is 2.60.